The van der Waals surface area contributed by atoms with Gasteiger partial charge < -0.3 is 10.7 Å². The molecule has 0 saturated heterocycles. The first-order valence-electron chi connectivity index (χ1n) is 3.63. The Balaban J connectivity index is 2.71. The van der Waals surface area contributed by atoms with Crippen molar-refractivity contribution in [3.63, 3.8) is 0 Å². The fraction of sp³-hybridized carbons (Fsp3) is 0.375. The number of rotatable bonds is 2. The Morgan fingerprint density at radius 2 is 2.55 bits per heavy atom. The van der Waals surface area contributed by atoms with Crippen LogP contribution in [-0.4, -0.2) is 19.3 Å². The zero-order valence-electron chi connectivity index (χ0n) is 6.30. The zero-order valence-corrected chi connectivity index (χ0v) is 7.20. The molecule has 0 fully saturated rings. The van der Waals surface area contributed by atoms with Crippen LogP contribution in [0, 0.1) is 5.41 Å². The Hall–Kier alpha value is -0.540. The molecule has 11 heavy (non-hydrogen) atoms. The molecule has 0 aromatic rings. The van der Waals surface area contributed by atoms with Crippen LogP contribution in [0.15, 0.2) is 22.6 Å². The summed E-state index contributed by atoms with van der Waals surface area (Å²) in [5.41, 5.74) is 2.08. The average Bonchev–Trinajstić information content (AvgIpc) is 2.09. The van der Waals surface area contributed by atoms with Crippen LogP contribution in [0.3, 0.4) is 0 Å². The van der Waals surface area contributed by atoms with Crippen LogP contribution in [0.5, 0.6) is 0 Å². The number of thiol groups is 1. The Morgan fingerprint density at radius 3 is 3.00 bits per heavy atom. The molecule has 0 radical (unpaired) electrons. The molecule has 1 aliphatic heterocycles. The Bertz CT molecular complexity index is 206. The minimum absolute atomic E-state index is 0.863. The average molecular weight is 168 g/mol. The van der Waals surface area contributed by atoms with E-state index in [9.17, 15) is 0 Å². The van der Waals surface area contributed by atoms with Crippen molar-refractivity contribution in [2.75, 3.05) is 13.1 Å². The molecule has 60 valence electrons. The quantitative estimate of drug-likeness (QED) is 0.422. The summed E-state index contributed by atoms with van der Waals surface area (Å²) in [7, 11) is 0. The molecule has 0 saturated carbocycles. The van der Waals surface area contributed by atoms with Gasteiger partial charge in [-0.2, -0.15) is 12.6 Å². The number of hydrogen-bond donors (Lipinski definition) is 3. The lowest BCUT2D eigenvalue weighted by Crippen LogP contribution is -2.23. The van der Waals surface area contributed by atoms with Gasteiger partial charge in [-0.15, -0.1) is 0 Å². The fourth-order valence-electron chi connectivity index (χ4n) is 1.08. The summed E-state index contributed by atoms with van der Waals surface area (Å²) in [6.07, 6.45) is 4.55. The molecule has 3 heteroatoms. The van der Waals surface area contributed by atoms with Gasteiger partial charge in [0.05, 0.1) is 0 Å². The summed E-state index contributed by atoms with van der Waals surface area (Å²) >= 11 is 4.02. The van der Waals surface area contributed by atoms with Crippen LogP contribution in [0.4, 0.5) is 0 Å². The van der Waals surface area contributed by atoms with E-state index in [1.165, 1.54) is 11.8 Å². The normalized spacial score (nSPS) is 19.4. The molecule has 1 rings (SSSR count). The maximum atomic E-state index is 7.09. The molecule has 0 amide bonds. The van der Waals surface area contributed by atoms with E-state index in [1.807, 2.05) is 0 Å². The third-order valence-electron chi connectivity index (χ3n) is 1.69. The minimum atomic E-state index is 0.863. The van der Waals surface area contributed by atoms with E-state index >= 15 is 0 Å². The van der Waals surface area contributed by atoms with E-state index in [4.69, 9.17) is 5.41 Å². The summed E-state index contributed by atoms with van der Waals surface area (Å²) in [6, 6.07) is 0. The lowest BCUT2D eigenvalue weighted by atomic mass is 10.1. The second-order valence-electron chi connectivity index (χ2n) is 2.42. The highest BCUT2D eigenvalue weighted by Crippen LogP contribution is 2.11. The fourth-order valence-corrected chi connectivity index (χ4v) is 1.32. The van der Waals surface area contributed by atoms with E-state index in [0.29, 0.717) is 0 Å². The van der Waals surface area contributed by atoms with Crippen molar-refractivity contribution >= 4 is 18.8 Å². The van der Waals surface area contributed by atoms with Crippen molar-refractivity contribution in [3.8, 4) is 0 Å². The first kappa shape index (κ1) is 8.56. The van der Waals surface area contributed by atoms with Crippen LogP contribution in [0.25, 0.3) is 0 Å². The Labute approximate surface area is 72.3 Å². The summed E-state index contributed by atoms with van der Waals surface area (Å²) < 4.78 is 0. The van der Waals surface area contributed by atoms with Gasteiger partial charge in [0.1, 0.15) is 0 Å². The minimum Gasteiger partial charge on any atom is -0.312 e. The van der Waals surface area contributed by atoms with E-state index in [2.05, 4.69) is 24.0 Å². The SMILES string of the molecule is N=C/C(=C\S)C1=CCCNC1. The predicted octanol–water partition coefficient (Wildman–Crippen LogP) is 1.37. The summed E-state index contributed by atoms with van der Waals surface area (Å²) in [5.74, 6) is 0. The zero-order chi connectivity index (χ0) is 8.10. The summed E-state index contributed by atoms with van der Waals surface area (Å²) in [4.78, 5) is 0. The van der Waals surface area contributed by atoms with Crippen LogP contribution < -0.4 is 5.32 Å². The third-order valence-corrected chi connectivity index (χ3v) is 1.97. The smallest absolute Gasteiger partial charge is 0.0258 e. The summed E-state index contributed by atoms with van der Waals surface area (Å²) in [6.45, 7) is 1.91. The number of nitrogens with one attached hydrogen (secondary N) is 2. The molecule has 2 N–H and O–H groups in total. The number of hydrogen-bond acceptors (Lipinski definition) is 3. The largest absolute Gasteiger partial charge is 0.312 e. The first-order valence-corrected chi connectivity index (χ1v) is 4.15. The molecular formula is C8H12N2S. The highest BCUT2D eigenvalue weighted by molar-refractivity contribution is 7.83. The molecule has 1 aliphatic rings. The van der Waals surface area contributed by atoms with Crippen molar-refractivity contribution < 1.29 is 0 Å². The van der Waals surface area contributed by atoms with Gasteiger partial charge in [-0.25, -0.2) is 0 Å². The lowest BCUT2D eigenvalue weighted by molar-refractivity contribution is 0.710. The molecule has 0 unspecified atom stereocenters. The molecule has 1 heterocycles. The van der Waals surface area contributed by atoms with Gasteiger partial charge in [0.25, 0.3) is 0 Å². The van der Waals surface area contributed by atoms with E-state index < -0.39 is 0 Å². The van der Waals surface area contributed by atoms with Crippen molar-refractivity contribution in [2.45, 2.75) is 6.42 Å². The third kappa shape index (κ3) is 2.20. The van der Waals surface area contributed by atoms with Gasteiger partial charge in [0, 0.05) is 18.3 Å². The second kappa shape index (κ2) is 4.36. The maximum Gasteiger partial charge on any atom is 0.0258 e. The van der Waals surface area contributed by atoms with Crippen molar-refractivity contribution in [2.24, 2.45) is 0 Å². The molecule has 0 aromatic heterocycles. The van der Waals surface area contributed by atoms with Crippen molar-refractivity contribution in [1.29, 1.82) is 5.41 Å². The van der Waals surface area contributed by atoms with Crippen LogP contribution in [0.1, 0.15) is 6.42 Å². The van der Waals surface area contributed by atoms with Gasteiger partial charge >= 0.3 is 0 Å². The maximum absolute atomic E-state index is 7.09. The monoisotopic (exact) mass is 168 g/mol. The van der Waals surface area contributed by atoms with Gasteiger partial charge in [0.15, 0.2) is 0 Å². The topological polar surface area (TPSA) is 35.9 Å². The molecule has 2 nitrogen and oxygen atoms in total. The van der Waals surface area contributed by atoms with E-state index in [0.717, 1.165) is 25.1 Å². The van der Waals surface area contributed by atoms with Crippen LogP contribution in [-0.2, 0) is 0 Å². The summed E-state index contributed by atoms with van der Waals surface area (Å²) in [5, 5.41) is 12.0. The van der Waals surface area contributed by atoms with Gasteiger partial charge in [-0.05, 0) is 23.9 Å². The van der Waals surface area contributed by atoms with Gasteiger partial charge in [-0.3, -0.25) is 0 Å². The molecular weight excluding hydrogens is 156 g/mol. The standard InChI is InChI=1S/C8H12N2S/c9-4-8(6-11)7-2-1-3-10-5-7/h2,4,6,9-11H,1,3,5H2/b8-6+,9-4?. The van der Waals surface area contributed by atoms with Gasteiger partial charge in [-0.1, -0.05) is 6.08 Å². The Morgan fingerprint density at radius 1 is 1.73 bits per heavy atom. The van der Waals surface area contributed by atoms with E-state index in [1.54, 1.807) is 5.41 Å². The van der Waals surface area contributed by atoms with E-state index in [-0.39, 0.29) is 0 Å². The molecule has 0 atom stereocenters. The second-order valence-corrected chi connectivity index (χ2v) is 2.68. The molecule has 0 spiro atoms. The molecule has 0 aromatic carbocycles. The van der Waals surface area contributed by atoms with Gasteiger partial charge in [0.2, 0.25) is 0 Å². The molecule has 0 bridgehead atoms. The highest BCUT2D eigenvalue weighted by atomic mass is 32.1. The lowest BCUT2D eigenvalue weighted by Gasteiger charge is -2.13. The Kier molecular flexibility index (Phi) is 3.39. The predicted molar refractivity (Wildman–Crippen MR) is 51.4 cm³/mol. The van der Waals surface area contributed by atoms with Crippen molar-refractivity contribution in [3.05, 3.63) is 22.6 Å². The van der Waals surface area contributed by atoms with Crippen molar-refractivity contribution in [1.82, 2.24) is 5.32 Å². The van der Waals surface area contributed by atoms with Crippen LogP contribution >= 0.6 is 12.6 Å². The highest BCUT2D eigenvalue weighted by Gasteiger charge is 2.04. The first-order chi connectivity index (χ1) is 5.38. The van der Waals surface area contributed by atoms with Crippen LogP contribution in [0.2, 0.25) is 0 Å². The molecule has 0 aliphatic carbocycles.